The number of nitrogen functional groups attached to an aromatic ring is 1. The normalized spacial score (nSPS) is 12.6. The molecule has 0 saturated heterocycles. The number of nitrogens with two attached hydrogens (primary N) is 1. The second-order valence-corrected chi connectivity index (χ2v) is 4.30. The van der Waals surface area contributed by atoms with Crippen LogP contribution in [-0.2, 0) is 9.53 Å². The van der Waals surface area contributed by atoms with Crippen molar-refractivity contribution in [3.8, 4) is 0 Å². The zero-order chi connectivity index (χ0) is 13.4. The van der Waals surface area contributed by atoms with Gasteiger partial charge in [-0.3, -0.25) is 0 Å². The van der Waals surface area contributed by atoms with Gasteiger partial charge in [-0.25, -0.2) is 4.79 Å². The van der Waals surface area contributed by atoms with Crippen LogP contribution in [0.4, 0.5) is 5.69 Å². The third kappa shape index (κ3) is 5.04. The summed E-state index contributed by atoms with van der Waals surface area (Å²) in [4.78, 5) is 11.1. The van der Waals surface area contributed by atoms with Gasteiger partial charge < -0.3 is 10.5 Å². The van der Waals surface area contributed by atoms with E-state index in [1.54, 1.807) is 6.92 Å². The second-order valence-electron chi connectivity index (χ2n) is 4.30. The molecule has 1 aromatic rings. The Hall–Kier alpha value is -1.77. The molecule has 0 heterocycles. The molecule has 0 aliphatic carbocycles. The number of esters is 1. The van der Waals surface area contributed by atoms with Crippen molar-refractivity contribution in [1.82, 2.24) is 0 Å². The Balaban J connectivity index is 2.35. The summed E-state index contributed by atoms with van der Waals surface area (Å²) in [5.41, 5.74) is 7.71. The molecule has 0 fully saturated rings. The average Bonchev–Trinajstić information content (AvgIpc) is 2.35. The molecule has 98 valence electrons. The number of hydrogen-bond acceptors (Lipinski definition) is 3. The number of rotatable bonds is 6. The summed E-state index contributed by atoms with van der Waals surface area (Å²) in [6.07, 6.45) is 5.23. The van der Waals surface area contributed by atoms with E-state index in [0.29, 0.717) is 12.5 Å². The van der Waals surface area contributed by atoms with Crippen molar-refractivity contribution in [3.05, 3.63) is 42.0 Å². The Labute approximate surface area is 109 Å². The van der Waals surface area contributed by atoms with Crippen LogP contribution in [0.1, 0.15) is 38.2 Å². The fourth-order valence-corrected chi connectivity index (χ4v) is 1.71. The largest absolute Gasteiger partial charge is 0.463 e. The fourth-order valence-electron chi connectivity index (χ4n) is 1.71. The molecule has 0 spiro atoms. The molecule has 2 N–H and O–H groups in total. The first-order valence-corrected chi connectivity index (χ1v) is 6.32. The van der Waals surface area contributed by atoms with Gasteiger partial charge in [0.1, 0.15) is 0 Å². The van der Waals surface area contributed by atoms with Gasteiger partial charge in [-0.2, -0.15) is 0 Å². The highest BCUT2D eigenvalue weighted by molar-refractivity contribution is 5.81. The maximum atomic E-state index is 11.1. The van der Waals surface area contributed by atoms with E-state index in [0.717, 1.165) is 18.5 Å². The molecule has 0 aliphatic rings. The first kappa shape index (κ1) is 14.3. The number of benzene rings is 1. The summed E-state index contributed by atoms with van der Waals surface area (Å²) in [7, 11) is 0. The molecule has 0 aromatic heterocycles. The van der Waals surface area contributed by atoms with Crippen molar-refractivity contribution in [2.24, 2.45) is 0 Å². The van der Waals surface area contributed by atoms with Crippen molar-refractivity contribution >= 4 is 11.7 Å². The summed E-state index contributed by atoms with van der Waals surface area (Å²) in [6.45, 7) is 4.39. The Kier molecular flexibility index (Phi) is 5.98. The van der Waals surface area contributed by atoms with Crippen LogP contribution in [0.25, 0.3) is 0 Å². The average molecular weight is 247 g/mol. The van der Waals surface area contributed by atoms with Gasteiger partial charge in [0.2, 0.25) is 0 Å². The molecule has 3 nitrogen and oxygen atoms in total. The third-order valence-corrected chi connectivity index (χ3v) is 2.81. The van der Waals surface area contributed by atoms with E-state index < -0.39 is 0 Å². The molecule has 1 atom stereocenters. The fraction of sp³-hybridized carbons (Fsp3) is 0.400. The molecule has 0 bridgehead atoms. The van der Waals surface area contributed by atoms with Crippen molar-refractivity contribution in [2.75, 3.05) is 12.3 Å². The minimum Gasteiger partial charge on any atom is -0.463 e. The van der Waals surface area contributed by atoms with Crippen LogP contribution >= 0.6 is 0 Å². The Morgan fingerprint density at radius 2 is 2.06 bits per heavy atom. The summed E-state index contributed by atoms with van der Waals surface area (Å²) >= 11 is 0. The van der Waals surface area contributed by atoms with Gasteiger partial charge in [0.15, 0.2) is 0 Å². The number of allylic oxidation sites excluding steroid dienone is 1. The smallest absolute Gasteiger partial charge is 0.330 e. The molecule has 18 heavy (non-hydrogen) atoms. The van der Waals surface area contributed by atoms with Crippen molar-refractivity contribution < 1.29 is 9.53 Å². The van der Waals surface area contributed by atoms with E-state index in [2.05, 4.69) is 19.1 Å². The van der Waals surface area contributed by atoms with Gasteiger partial charge in [-0.05, 0) is 43.4 Å². The van der Waals surface area contributed by atoms with Crippen LogP contribution in [-0.4, -0.2) is 12.6 Å². The number of hydrogen-bond donors (Lipinski definition) is 1. The van der Waals surface area contributed by atoms with Gasteiger partial charge in [-0.15, -0.1) is 0 Å². The lowest BCUT2D eigenvalue weighted by atomic mass is 9.96. The summed E-state index contributed by atoms with van der Waals surface area (Å²) < 4.78 is 4.81. The van der Waals surface area contributed by atoms with Crippen LogP contribution in [0.5, 0.6) is 0 Å². The predicted molar refractivity (Wildman–Crippen MR) is 74.3 cm³/mol. The SMILES string of the molecule is CCOC(=O)/C=C\CCC(C)c1ccc(N)cc1. The lowest BCUT2D eigenvalue weighted by Gasteiger charge is -2.10. The molecule has 3 heteroatoms. The van der Waals surface area contributed by atoms with Crippen LogP contribution < -0.4 is 5.73 Å². The molecular weight excluding hydrogens is 226 g/mol. The molecule has 0 aliphatic heterocycles. The molecule has 1 rings (SSSR count). The second kappa shape index (κ2) is 7.54. The highest BCUT2D eigenvalue weighted by atomic mass is 16.5. The standard InChI is InChI=1S/C15H21NO2/c1-3-18-15(17)7-5-4-6-12(2)13-8-10-14(16)11-9-13/h5,7-12H,3-4,6,16H2,1-2H3/b7-5-. The number of carbonyl (C=O) groups is 1. The third-order valence-electron chi connectivity index (χ3n) is 2.81. The minimum absolute atomic E-state index is 0.266. The van der Waals surface area contributed by atoms with Gasteiger partial charge in [0, 0.05) is 11.8 Å². The lowest BCUT2D eigenvalue weighted by molar-refractivity contribution is -0.137. The summed E-state index contributed by atoms with van der Waals surface area (Å²) in [5, 5.41) is 0. The van der Waals surface area contributed by atoms with E-state index in [1.165, 1.54) is 11.6 Å². The van der Waals surface area contributed by atoms with E-state index in [4.69, 9.17) is 10.5 Å². The van der Waals surface area contributed by atoms with Crippen LogP contribution in [0.2, 0.25) is 0 Å². The first-order chi connectivity index (χ1) is 8.63. The van der Waals surface area contributed by atoms with E-state index in [-0.39, 0.29) is 5.97 Å². The Bertz CT molecular complexity index is 395. The maximum absolute atomic E-state index is 11.1. The summed E-state index contributed by atoms with van der Waals surface area (Å²) in [5.74, 6) is 0.190. The van der Waals surface area contributed by atoms with Gasteiger partial charge in [0.05, 0.1) is 6.61 Å². The number of carbonyl (C=O) groups excluding carboxylic acids is 1. The predicted octanol–water partition coefficient (Wildman–Crippen LogP) is 3.27. The number of anilines is 1. The van der Waals surface area contributed by atoms with Crippen LogP contribution in [0, 0.1) is 0 Å². The Morgan fingerprint density at radius 3 is 2.67 bits per heavy atom. The quantitative estimate of drug-likeness (QED) is 0.477. The molecule has 0 radical (unpaired) electrons. The summed E-state index contributed by atoms with van der Waals surface area (Å²) in [6, 6.07) is 7.94. The monoisotopic (exact) mass is 247 g/mol. The number of ether oxygens (including phenoxy) is 1. The highest BCUT2D eigenvalue weighted by Gasteiger charge is 2.03. The van der Waals surface area contributed by atoms with E-state index in [1.807, 2.05) is 18.2 Å². The Morgan fingerprint density at radius 1 is 1.39 bits per heavy atom. The van der Waals surface area contributed by atoms with E-state index in [9.17, 15) is 4.79 Å². The topological polar surface area (TPSA) is 52.3 Å². The lowest BCUT2D eigenvalue weighted by Crippen LogP contribution is -1.99. The van der Waals surface area contributed by atoms with Crippen molar-refractivity contribution in [1.29, 1.82) is 0 Å². The maximum Gasteiger partial charge on any atom is 0.330 e. The van der Waals surface area contributed by atoms with Gasteiger partial charge >= 0.3 is 5.97 Å². The van der Waals surface area contributed by atoms with Gasteiger partial charge in [0.25, 0.3) is 0 Å². The highest BCUT2D eigenvalue weighted by Crippen LogP contribution is 2.21. The zero-order valence-electron chi connectivity index (χ0n) is 11.1. The van der Waals surface area contributed by atoms with Crippen LogP contribution in [0.3, 0.4) is 0 Å². The minimum atomic E-state index is -0.266. The van der Waals surface area contributed by atoms with Crippen LogP contribution in [0.15, 0.2) is 36.4 Å². The zero-order valence-corrected chi connectivity index (χ0v) is 11.1. The molecule has 1 aromatic carbocycles. The first-order valence-electron chi connectivity index (χ1n) is 6.32. The molecular formula is C15H21NO2. The molecule has 0 saturated carbocycles. The van der Waals surface area contributed by atoms with Crippen molar-refractivity contribution in [2.45, 2.75) is 32.6 Å². The van der Waals surface area contributed by atoms with E-state index >= 15 is 0 Å². The van der Waals surface area contributed by atoms with Crippen molar-refractivity contribution in [3.63, 3.8) is 0 Å². The molecule has 1 unspecified atom stereocenters. The molecule has 0 amide bonds. The van der Waals surface area contributed by atoms with Gasteiger partial charge in [-0.1, -0.05) is 25.1 Å².